The summed E-state index contributed by atoms with van der Waals surface area (Å²) in [6.45, 7) is 0. The molecule has 0 aromatic carbocycles. The topological polar surface area (TPSA) is 30.2 Å². The van der Waals surface area contributed by atoms with Gasteiger partial charge in [-0.15, -0.1) is 0 Å². The molecule has 2 aromatic rings. The predicted octanol–water partition coefficient (Wildman–Crippen LogP) is 3.29. The zero-order valence-corrected chi connectivity index (χ0v) is 12.7. The molecule has 0 spiro atoms. The third-order valence-corrected chi connectivity index (χ3v) is 3.25. The van der Waals surface area contributed by atoms with Gasteiger partial charge in [0.15, 0.2) is 5.65 Å². The lowest BCUT2D eigenvalue weighted by Gasteiger charge is -1.95. The Kier molecular flexibility index (Phi) is 3.79. The second-order valence-corrected chi connectivity index (χ2v) is 5.19. The van der Waals surface area contributed by atoms with Crippen molar-refractivity contribution < 1.29 is 0 Å². The van der Waals surface area contributed by atoms with Crippen LogP contribution in [0.5, 0.6) is 0 Å². The number of nitrogens with zero attached hydrogens (tertiary/aromatic N) is 3. The van der Waals surface area contributed by atoms with Gasteiger partial charge in [-0.3, -0.25) is 4.40 Å². The lowest BCUT2D eigenvalue weighted by Crippen LogP contribution is -1.91. The van der Waals surface area contributed by atoms with Crippen molar-refractivity contribution >= 4 is 28.2 Å². The third-order valence-electron chi connectivity index (χ3n) is 2.70. The van der Waals surface area contributed by atoms with Crippen molar-refractivity contribution in [3.63, 3.8) is 0 Å². The van der Waals surface area contributed by atoms with Crippen LogP contribution in [0.15, 0.2) is 66.7 Å². The van der Waals surface area contributed by atoms with Gasteiger partial charge in [-0.2, -0.15) is 0 Å². The normalized spacial score (nSPS) is 20.9. The van der Waals surface area contributed by atoms with E-state index in [1.165, 1.54) is 0 Å². The van der Waals surface area contributed by atoms with Crippen molar-refractivity contribution in [3.05, 3.63) is 76.1 Å². The van der Waals surface area contributed by atoms with Crippen LogP contribution in [-0.2, 0) is 0 Å². The van der Waals surface area contributed by atoms with Gasteiger partial charge < -0.3 is 0 Å². The first-order valence-corrected chi connectivity index (χ1v) is 7.13. The van der Waals surface area contributed by atoms with Gasteiger partial charge in [0.25, 0.3) is 0 Å². The van der Waals surface area contributed by atoms with Crippen LogP contribution in [0.2, 0.25) is 0 Å². The van der Waals surface area contributed by atoms with Crippen LogP contribution >= 0.6 is 22.6 Å². The molecule has 4 heteroatoms. The van der Waals surface area contributed by atoms with Crippen LogP contribution in [0.3, 0.4) is 0 Å². The van der Waals surface area contributed by atoms with Gasteiger partial charge in [0.05, 0.1) is 12.4 Å². The summed E-state index contributed by atoms with van der Waals surface area (Å²) >= 11 is 2.18. The molecule has 0 amide bonds. The minimum Gasteiger partial charge on any atom is -0.289 e. The van der Waals surface area contributed by atoms with Crippen molar-refractivity contribution in [3.8, 4) is 11.8 Å². The fraction of sp³-hybridized carbons (Fsp3) is 0. The Morgan fingerprint density at radius 1 is 0.950 bits per heavy atom. The molecule has 0 radical (unpaired) electrons. The van der Waals surface area contributed by atoms with E-state index in [0.29, 0.717) is 0 Å². The number of aromatic nitrogens is 3. The molecule has 1 aliphatic carbocycles. The van der Waals surface area contributed by atoms with Gasteiger partial charge in [-0.05, 0) is 40.7 Å². The van der Waals surface area contributed by atoms with E-state index in [0.717, 1.165) is 20.6 Å². The average Bonchev–Trinajstić information content (AvgIpc) is 2.80. The Bertz CT molecular complexity index is 826. The van der Waals surface area contributed by atoms with E-state index in [9.17, 15) is 0 Å². The molecule has 0 N–H and O–H groups in total. The van der Waals surface area contributed by atoms with E-state index in [1.807, 2.05) is 53.1 Å². The maximum Gasteiger partial charge on any atom is 0.156 e. The molecule has 1 aliphatic rings. The second-order valence-electron chi connectivity index (χ2n) is 4.08. The SMILES string of the molecule is Ic1cn2c(C#CC3=C/C=C\C=C/C=C\3)cnc2cn1. The van der Waals surface area contributed by atoms with Crippen LogP contribution in [-0.4, -0.2) is 14.4 Å². The van der Waals surface area contributed by atoms with Crippen molar-refractivity contribution in [2.75, 3.05) is 0 Å². The molecule has 0 bridgehead atoms. The molecule has 96 valence electrons. The molecule has 0 saturated heterocycles. The van der Waals surface area contributed by atoms with Gasteiger partial charge in [0, 0.05) is 11.8 Å². The van der Waals surface area contributed by atoms with Gasteiger partial charge in [-0.25, -0.2) is 9.97 Å². The molecular formula is C16H10IN3. The zero-order chi connectivity index (χ0) is 13.8. The Labute approximate surface area is 130 Å². The summed E-state index contributed by atoms with van der Waals surface area (Å²) in [5, 5.41) is 0. The number of allylic oxidation sites excluding steroid dienone is 8. The lowest BCUT2D eigenvalue weighted by molar-refractivity contribution is 1.09. The first-order valence-electron chi connectivity index (χ1n) is 6.05. The molecule has 3 rings (SSSR count). The Balaban J connectivity index is 1.98. The summed E-state index contributed by atoms with van der Waals surface area (Å²) in [4.78, 5) is 8.50. The highest BCUT2D eigenvalue weighted by Gasteiger charge is 2.01. The standard InChI is InChI=1S/C16H10IN3/c17-15-12-20-14(10-19-16(20)11-18-15)9-8-13-6-4-2-1-3-5-7-13/h1-7,10-12H/b2-1-,3-1?,4-2?,5-3-,6-4-,7-5?,13-6?,13-7+. The number of hydrogen-bond acceptors (Lipinski definition) is 2. The summed E-state index contributed by atoms with van der Waals surface area (Å²) in [6, 6.07) is 0. The lowest BCUT2D eigenvalue weighted by atomic mass is 10.2. The minimum absolute atomic E-state index is 0.805. The van der Waals surface area contributed by atoms with Crippen molar-refractivity contribution in [1.29, 1.82) is 0 Å². The summed E-state index contributed by atoms with van der Waals surface area (Å²) in [6.07, 6.45) is 19.3. The Morgan fingerprint density at radius 3 is 2.75 bits per heavy atom. The number of rotatable bonds is 0. The molecule has 0 atom stereocenters. The highest BCUT2D eigenvalue weighted by Crippen LogP contribution is 2.08. The average molecular weight is 371 g/mol. The largest absolute Gasteiger partial charge is 0.289 e. The van der Waals surface area contributed by atoms with Crippen molar-refractivity contribution in [2.24, 2.45) is 0 Å². The van der Waals surface area contributed by atoms with E-state index < -0.39 is 0 Å². The maximum absolute atomic E-state index is 4.29. The molecule has 20 heavy (non-hydrogen) atoms. The fourth-order valence-corrected chi connectivity index (χ4v) is 2.16. The molecule has 3 nitrogen and oxygen atoms in total. The van der Waals surface area contributed by atoms with Gasteiger partial charge in [0.2, 0.25) is 0 Å². The van der Waals surface area contributed by atoms with E-state index in [1.54, 1.807) is 12.4 Å². The van der Waals surface area contributed by atoms with Gasteiger partial charge in [-0.1, -0.05) is 36.3 Å². The molecule has 0 fully saturated rings. The van der Waals surface area contributed by atoms with E-state index in [2.05, 4.69) is 44.4 Å². The van der Waals surface area contributed by atoms with Crippen LogP contribution in [0.1, 0.15) is 5.69 Å². The van der Waals surface area contributed by atoms with Crippen molar-refractivity contribution in [2.45, 2.75) is 0 Å². The van der Waals surface area contributed by atoms with Crippen LogP contribution < -0.4 is 0 Å². The van der Waals surface area contributed by atoms with Crippen molar-refractivity contribution in [1.82, 2.24) is 14.4 Å². The summed E-state index contributed by atoms with van der Waals surface area (Å²) in [7, 11) is 0. The molecule has 0 aliphatic heterocycles. The van der Waals surface area contributed by atoms with Gasteiger partial charge in [0.1, 0.15) is 9.39 Å². The minimum atomic E-state index is 0.805. The van der Waals surface area contributed by atoms with Crippen LogP contribution in [0, 0.1) is 15.5 Å². The summed E-state index contributed by atoms with van der Waals surface area (Å²) < 4.78 is 2.86. The molecule has 0 unspecified atom stereocenters. The molecule has 2 heterocycles. The monoisotopic (exact) mass is 371 g/mol. The Morgan fingerprint density at radius 2 is 1.80 bits per heavy atom. The second kappa shape index (κ2) is 5.88. The number of hydrogen-bond donors (Lipinski definition) is 0. The van der Waals surface area contributed by atoms with E-state index in [-0.39, 0.29) is 0 Å². The third kappa shape index (κ3) is 2.89. The van der Waals surface area contributed by atoms with Crippen LogP contribution in [0.4, 0.5) is 0 Å². The van der Waals surface area contributed by atoms with E-state index in [4.69, 9.17) is 0 Å². The highest BCUT2D eigenvalue weighted by atomic mass is 127. The summed E-state index contributed by atoms with van der Waals surface area (Å²) in [5.74, 6) is 6.31. The molecule has 2 aromatic heterocycles. The number of fused-ring (bicyclic) bond motifs is 1. The molecular weight excluding hydrogens is 361 g/mol. The number of imidazole rings is 1. The molecule has 0 saturated carbocycles. The quantitative estimate of drug-likeness (QED) is 0.526. The first kappa shape index (κ1) is 12.9. The fourth-order valence-electron chi connectivity index (χ4n) is 1.74. The summed E-state index contributed by atoms with van der Waals surface area (Å²) in [5.41, 5.74) is 2.63. The Hall–Kier alpha value is -2.13. The van der Waals surface area contributed by atoms with E-state index >= 15 is 0 Å². The number of halogens is 1. The first-order chi connectivity index (χ1) is 9.83. The van der Waals surface area contributed by atoms with Gasteiger partial charge >= 0.3 is 0 Å². The maximum atomic E-state index is 4.29. The highest BCUT2D eigenvalue weighted by molar-refractivity contribution is 14.1. The predicted molar refractivity (Wildman–Crippen MR) is 88.1 cm³/mol. The smallest absolute Gasteiger partial charge is 0.156 e. The zero-order valence-electron chi connectivity index (χ0n) is 10.5. The van der Waals surface area contributed by atoms with Crippen LogP contribution in [0.25, 0.3) is 5.65 Å².